The van der Waals surface area contributed by atoms with Gasteiger partial charge in [-0.05, 0) is 24.3 Å². The highest BCUT2D eigenvalue weighted by atomic mass is 19.2. The Morgan fingerprint density at radius 1 is 0.966 bits per heavy atom. The van der Waals surface area contributed by atoms with Gasteiger partial charge in [0.15, 0.2) is 17.3 Å². The minimum atomic E-state index is -1.18. The van der Waals surface area contributed by atoms with Crippen molar-refractivity contribution >= 4 is 11.8 Å². The maximum Gasteiger partial charge on any atom is 0.275 e. The van der Waals surface area contributed by atoms with Crippen LogP contribution >= 0.6 is 0 Å². The molecule has 0 radical (unpaired) electrons. The van der Waals surface area contributed by atoms with E-state index in [1.54, 1.807) is 28.1 Å². The van der Waals surface area contributed by atoms with Gasteiger partial charge in [-0.2, -0.15) is 0 Å². The number of fused-ring (bicyclic) bond motifs is 3. The highest BCUT2D eigenvalue weighted by Crippen LogP contribution is 2.49. The summed E-state index contributed by atoms with van der Waals surface area (Å²) in [5.41, 5.74) is 0.465. The second kappa shape index (κ2) is 6.20. The molecule has 2 aliphatic rings. The fourth-order valence-electron chi connectivity index (χ4n) is 4.36. The average Bonchev–Trinajstić information content (AvgIpc) is 3.26. The maximum atomic E-state index is 13.8. The third-order valence-corrected chi connectivity index (χ3v) is 5.55. The summed E-state index contributed by atoms with van der Waals surface area (Å²) in [4.78, 5) is 33.9. The first-order valence-corrected chi connectivity index (χ1v) is 9.15. The van der Waals surface area contributed by atoms with Crippen molar-refractivity contribution in [2.75, 3.05) is 13.1 Å². The van der Waals surface area contributed by atoms with Crippen molar-refractivity contribution < 1.29 is 18.4 Å². The van der Waals surface area contributed by atoms with E-state index in [9.17, 15) is 18.4 Å². The Morgan fingerprint density at radius 2 is 1.76 bits per heavy atom. The molecule has 1 unspecified atom stereocenters. The normalized spacial score (nSPS) is 20.0. The summed E-state index contributed by atoms with van der Waals surface area (Å²) in [6.45, 7) is 0.562. The Labute approximate surface area is 165 Å². The van der Waals surface area contributed by atoms with Gasteiger partial charge in [-0.15, -0.1) is 0 Å². The van der Waals surface area contributed by atoms with E-state index in [-0.39, 0.29) is 18.0 Å². The zero-order valence-electron chi connectivity index (χ0n) is 15.2. The molecule has 0 aliphatic carbocycles. The quantitative estimate of drug-likeness (QED) is 0.674. The Hall–Kier alpha value is -3.61. The Bertz CT molecular complexity index is 1150. The Balaban J connectivity index is 1.74. The molecule has 144 valence electrons. The van der Waals surface area contributed by atoms with Crippen LogP contribution in [0.2, 0.25) is 0 Å². The SMILES string of the molecule is O=C(c1ccc(F)c(F)c1)N1CCN2C(=O)c3ncccc3C12c1ccccc1. The molecule has 0 N–H and O–H groups in total. The van der Waals surface area contributed by atoms with Crippen molar-refractivity contribution in [1.29, 1.82) is 0 Å². The lowest BCUT2D eigenvalue weighted by Crippen LogP contribution is -2.51. The van der Waals surface area contributed by atoms with Gasteiger partial charge in [-0.3, -0.25) is 14.6 Å². The standard InChI is InChI=1S/C22H15F2N3O2/c23-17-9-8-14(13-18(17)24)20(28)26-11-12-27-21(29)19-16(7-4-10-25-19)22(26,27)15-5-2-1-3-6-15/h1-10,13H,11-12H2. The number of aromatic nitrogens is 1. The lowest BCUT2D eigenvalue weighted by Gasteiger charge is -2.40. The molecule has 1 fully saturated rings. The molecular formula is C22H15F2N3O2. The molecule has 3 aromatic rings. The van der Waals surface area contributed by atoms with Gasteiger partial charge in [0.05, 0.1) is 0 Å². The largest absolute Gasteiger partial charge is 0.306 e. The summed E-state index contributed by atoms with van der Waals surface area (Å²) >= 11 is 0. The van der Waals surface area contributed by atoms with E-state index in [2.05, 4.69) is 4.98 Å². The van der Waals surface area contributed by atoms with Gasteiger partial charge in [0, 0.05) is 36.0 Å². The summed E-state index contributed by atoms with van der Waals surface area (Å²) in [6, 6.07) is 15.8. The van der Waals surface area contributed by atoms with Crippen LogP contribution in [0.4, 0.5) is 8.78 Å². The van der Waals surface area contributed by atoms with Crippen LogP contribution in [0.1, 0.15) is 32.0 Å². The number of carbonyl (C=O) groups excluding carboxylic acids is 2. The van der Waals surface area contributed by atoms with E-state index in [4.69, 9.17) is 0 Å². The van der Waals surface area contributed by atoms with Gasteiger partial charge >= 0.3 is 0 Å². The summed E-state index contributed by atoms with van der Waals surface area (Å²) in [6.07, 6.45) is 1.54. The minimum absolute atomic E-state index is 0.0193. The van der Waals surface area contributed by atoms with Gasteiger partial charge in [0.2, 0.25) is 0 Å². The summed E-state index contributed by atoms with van der Waals surface area (Å²) in [5, 5.41) is 0. The molecule has 3 heterocycles. The fourth-order valence-corrected chi connectivity index (χ4v) is 4.36. The van der Waals surface area contributed by atoms with Crippen molar-refractivity contribution in [3.05, 3.63) is 101 Å². The van der Waals surface area contributed by atoms with Gasteiger partial charge in [0.25, 0.3) is 11.8 Å². The highest BCUT2D eigenvalue weighted by molar-refractivity contribution is 6.02. The smallest absolute Gasteiger partial charge is 0.275 e. The van der Waals surface area contributed by atoms with E-state index in [1.165, 1.54) is 6.07 Å². The predicted octanol–water partition coefficient (Wildman–Crippen LogP) is 3.17. The van der Waals surface area contributed by atoms with Crippen LogP contribution in [0.3, 0.4) is 0 Å². The molecule has 1 atom stereocenters. The van der Waals surface area contributed by atoms with Crippen LogP contribution in [-0.2, 0) is 5.66 Å². The number of nitrogens with zero attached hydrogens (tertiary/aromatic N) is 3. The van der Waals surface area contributed by atoms with Gasteiger partial charge in [0.1, 0.15) is 5.69 Å². The fraction of sp³-hybridized carbons (Fsp3) is 0.136. The molecule has 0 bridgehead atoms. The Kier molecular flexibility index (Phi) is 3.74. The minimum Gasteiger partial charge on any atom is -0.306 e. The molecular weight excluding hydrogens is 376 g/mol. The molecule has 1 saturated heterocycles. The summed E-state index contributed by atoms with van der Waals surface area (Å²) < 4.78 is 27.2. The van der Waals surface area contributed by atoms with E-state index < -0.39 is 23.2 Å². The molecule has 29 heavy (non-hydrogen) atoms. The molecule has 5 rings (SSSR count). The second-order valence-electron chi connectivity index (χ2n) is 6.98. The molecule has 7 heteroatoms. The van der Waals surface area contributed by atoms with E-state index in [0.717, 1.165) is 17.7 Å². The number of hydrogen-bond acceptors (Lipinski definition) is 3. The van der Waals surface area contributed by atoms with E-state index in [0.29, 0.717) is 17.8 Å². The first kappa shape index (κ1) is 17.5. The van der Waals surface area contributed by atoms with Gasteiger partial charge < -0.3 is 9.80 Å². The third-order valence-electron chi connectivity index (χ3n) is 5.55. The number of amides is 2. The molecule has 2 aromatic carbocycles. The van der Waals surface area contributed by atoms with Crippen molar-refractivity contribution in [1.82, 2.24) is 14.8 Å². The van der Waals surface area contributed by atoms with E-state index >= 15 is 0 Å². The summed E-state index contributed by atoms with van der Waals surface area (Å²) in [5.74, 6) is -2.86. The number of pyridine rings is 1. The van der Waals surface area contributed by atoms with Crippen molar-refractivity contribution in [3.8, 4) is 0 Å². The van der Waals surface area contributed by atoms with Crippen LogP contribution in [0.5, 0.6) is 0 Å². The van der Waals surface area contributed by atoms with Crippen LogP contribution in [0.15, 0.2) is 66.9 Å². The third kappa shape index (κ3) is 2.27. The lowest BCUT2D eigenvalue weighted by molar-refractivity contribution is 0.0374. The number of halogens is 2. The number of carbonyl (C=O) groups is 2. The summed E-state index contributed by atoms with van der Waals surface area (Å²) in [7, 11) is 0. The molecule has 1 aromatic heterocycles. The van der Waals surface area contributed by atoms with Crippen LogP contribution in [0.25, 0.3) is 0 Å². The molecule has 2 aliphatic heterocycles. The van der Waals surface area contributed by atoms with Crippen LogP contribution in [-0.4, -0.2) is 39.7 Å². The lowest BCUT2D eigenvalue weighted by atomic mass is 9.91. The number of rotatable bonds is 2. The van der Waals surface area contributed by atoms with Crippen molar-refractivity contribution in [2.45, 2.75) is 5.66 Å². The van der Waals surface area contributed by atoms with E-state index in [1.807, 2.05) is 30.3 Å². The second-order valence-corrected chi connectivity index (χ2v) is 6.98. The number of benzene rings is 2. The van der Waals surface area contributed by atoms with Gasteiger partial charge in [-0.1, -0.05) is 36.4 Å². The highest BCUT2D eigenvalue weighted by Gasteiger charge is 2.60. The topological polar surface area (TPSA) is 53.5 Å². The van der Waals surface area contributed by atoms with Crippen LogP contribution in [0, 0.1) is 11.6 Å². The first-order chi connectivity index (χ1) is 14.0. The predicted molar refractivity (Wildman–Crippen MR) is 99.9 cm³/mol. The first-order valence-electron chi connectivity index (χ1n) is 9.15. The maximum absolute atomic E-state index is 13.8. The van der Waals surface area contributed by atoms with Gasteiger partial charge in [-0.25, -0.2) is 8.78 Å². The Morgan fingerprint density at radius 3 is 2.52 bits per heavy atom. The molecule has 0 saturated carbocycles. The monoisotopic (exact) mass is 391 g/mol. The average molecular weight is 391 g/mol. The van der Waals surface area contributed by atoms with Crippen LogP contribution < -0.4 is 0 Å². The van der Waals surface area contributed by atoms with Crippen molar-refractivity contribution in [3.63, 3.8) is 0 Å². The molecule has 5 nitrogen and oxygen atoms in total. The number of hydrogen-bond donors (Lipinski definition) is 0. The zero-order valence-corrected chi connectivity index (χ0v) is 15.2. The zero-order chi connectivity index (χ0) is 20.2. The van der Waals surface area contributed by atoms with Crippen molar-refractivity contribution in [2.24, 2.45) is 0 Å². The molecule has 2 amide bonds. The molecule has 0 spiro atoms.